The van der Waals surface area contributed by atoms with Crippen molar-refractivity contribution in [3.05, 3.63) is 93.6 Å². The van der Waals surface area contributed by atoms with Crippen LogP contribution in [0, 0.1) is 20.8 Å². The highest BCUT2D eigenvalue weighted by Crippen LogP contribution is 2.36. The van der Waals surface area contributed by atoms with Gasteiger partial charge in [-0.2, -0.15) is 0 Å². The van der Waals surface area contributed by atoms with Gasteiger partial charge in [0.1, 0.15) is 5.70 Å². The lowest BCUT2D eigenvalue weighted by molar-refractivity contribution is -0.120. The second-order valence-electron chi connectivity index (χ2n) is 8.52. The minimum absolute atomic E-state index is 0.238. The first kappa shape index (κ1) is 22.6. The van der Waals surface area contributed by atoms with Gasteiger partial charge in [-0.05, 0) is 67.8 Å². The number of nitrogens with one attached hydrogen (secondary N) is 1. The topological polar surface area (TPSA) is 52.7 Å². The van der Waals surface area contributed by atoms with Crippen LogP contribution in [0.25, 0.3) is 5.57 Å². The average molecular weight is 460 g/mol. The maximum absolute atomic E-state index is 13.7. The molecule has 3 aromatic rings. The van der Waals surface area contributed by atoms with E-state index in [0.717, 1.165) is 27.9 Å². The molecule has 33 heavy (non-hydrogen) atoms. The molecule has 0 bridgehead atoms. The minimum Gasteiger partial charge on any atom is -0.378 e. The van der Waals surface area contributed by atoms with Crippen molar-refractivity contribution in [1.82, 2.24) is 0 Å². The summed E-state index contributed by atoms with van der Waals surface area (Å²) in [5.74, 6) is -0.758. The van der Waals surface area contributed by atoms with Crippen LogP contribution in [-0.2, 0) is 9.59 Å². The summed E-state index contributed by atoms with van der Waals surface area (Å²) in [6.07, 6.45) is 0. The fraction of sp³-hybridized carbons (Fsp3) is 0.185. The lowest BCUT2D eigenvalue weighted by atomic mass is 9.97. The van der Waals surface area contributed by atoms with E-state index in [1.807, 2.05) is 88.3 Å². The number of aryl methyl sites for hydroxylation is 3. The van der Waals surface area contributed by atoms with Crippen molar-refractivity contribution in [2.75, 3.05) is 29.2 Å². The van der Waals surface area contributed by atoms with E-state index in [1.165, 1.54) is 4.90 Å². The molecule has 2 amide bonds. The van der Waals surface area contributed by atoms with Crippen LogP contribution in [0.5, 0.6) is 0 Å². The molecule has 1 N–H and O–H groups in total. The van der Waals surface area contributed by atoms with Crippen LogP contribution in [-0.4, -0.2) is 25.9 Å². The molecule has 168 valence electrons. The van der Waals surface area contributed by atoms with E-state index in [2.05, 4.69) is 5.32 Å². The van der Waals surface area contributed by atoms with Gasteiger partial charge in [0, 0.05) is 30.5 Å². The van der Waals surface area contributed by atoms with E-state index < -0.39 is 5.91 Å². The third-order valence-corrected chi connectivity index (χ3v) is 6.19. The molecule has 0 unspecified atom stereocenters. The van der Waals surface area contributed by atoms with Gasteiger partial charge >= 0.3 is 0 Å². The summed E-state index contributed by atoms with van der Waals surface area (Å²) >= 11 is 6.31. The molecule has 0 spiro atoms. The van der Waals surface area contributed by atoms with Crippen molar-refractivity contribution in [3.8, 4) is 0 Å². The van der Waals surface area contributed by atoms with Gasteiger partial charge in [-0.15, -0.1) is 0 Å². The zero-order valence-electron chi connectivity index (χ0n) is 19.4. The van der Waals surface area contributed by atoms with E-state index in [9.17, 15) is 9.59 Å². The Kier molecular flexibility index (Phi) is 6.00. The van der Waals surface area contributed by atoms with Gasteiger partial charge in [0.2, 0.25) is 0 Å². The van der Waals surface area contributed by atoms with Gasteiger partial charge in [0.15, 0.2) is 0 Å². The van der Waals surface area contributed by atoms with E-state index >= 15 is 0 Å². The molecule has 0 radical (unpaired) electrons. The molecule has 1 aliphatic rings. The number of carbonyl (C=O) groups is 2. The maximum Gasteiger partial charge on any atom is 0.282 e. The molecule has 4 rings (SSSR count). The number of hydrogen-bond acceptors (Lipinski definition) is 4. The number of halogens is 1. The molecule has 3 aromatic carbocycles. The molecule has 0 saturated carbocycles. The Morgan fingerprint density at radius 3 is 2.27 bits per heavy atom. The summed E-state index contributed by atoms with van der Waals surface area (Å²) in [5, 5.41) is 3.77. The van der Waals surface area contributed by atoms with Crippen LogP contribution in [0.4, 0.5) is 17.1 Å². The Morgan fingerprint density at radius 1 is 0.848 bits per heavy atom. The van der Waals surface area contributed by atoms with Crippen LogP contribution >= 0.6 is 11.6 Å². The van der Waals surface area contributed by atoms with Crippen molar-refractivity contribution in [1.29, 1.82) is 0 Å². The highest BCUT2D eigenvalue weighted by atomic mass is 35.5. The van der Waals surface area contributed by atoms with Gasteiger partial charge < -0.3 is 10.2 Å². The first-order valence-corrected chi connectivity index (χ1v) is 11.1. The van der Waals surface area contributed by atoms with Gasteiger partial charge in [-0.25, -0.2) is 4.90 Å². The first-order valence-electron chi connectivity index (χ1n) is 10.7. The van der Waals surface area contributed by atoms with Gasteiger partial charge in [0.05, 0.1) is 11.3 Å². The van der Waals surface area contributed by atoms with Crippen LogP contribution in [0.3, 0.4) is 0 Å². The quantitative estimate of drug-likeness (QED) is 0.495. The van der Waals surface area contributed by atoms with Crippen molar-refractivity contribution in [3.63, 3.8) is 0 Å². The molecule has 5 nitrogen and oxygen atoms in total. The minimum atomic E-state index is -0.400. The summed E-state index contributed by atoms with van der Waals surface area (Å²) in [6, 6.07) is 18.7. The summed E-state index contributed by atoms with van der Waals surface area (Å²) in [5.41, 5.74) is 6.33. The van der Waals surface area contributed by atoms with Crippen molar-refractivity contribution < 1.29 is 9.59 Å². The predicted molar refractivity (Wildman–Crippen MR) is 136 cm³/mol. The average Bonchev–Trinajstić information content (AvgIpc) is 3.00. The van der Waals surface area contributed by atoms with Crippen molar-refractivity contribution >= 4 is 46.1 Å². The number of amides is 2. The predicted octanol–water partition coefficient (Wildman–Crippen LogP) is 5.73. The lowest BCUT2D eigenvalue weighted by Crippen LogP contribution is -2.32. The first-order chi connectivity index (χ1) is 15.7. The molecule has 0 aliphatic carbocycles. The van der Waals surface area contributed by atoms with Crippen LogP contribution in [0.1, 0.15) is 22.3 Å². The van der Waals surface area contributed by atoms with E-state index in [1.54, 1.807) is 12.1 Å². The van der Waals surface area contributed by atoms with E-state index in [-0.39, 0.29) is 11.6 Å². The van der Waals surface area contributed by atoms with Crippen molar-refractivity contribution in [2.45, 2.75) is 20.8 Å². The molecular weight excluding hydrogens is 434 g/mol. The molecule has 1 aliphatic heterocycles. The third-order valence-electron chi connectivity index (χ3n) is 5.78. The van der Waals surface area contributed by atoms with Gasteiger partial charge in [0.25, 0.3) is 11.8 Å². The lowest BCUT2D eigenvalue weighted by Gasteiger charge is -2.19. The number of rotatable bonds is 5. The second kappa shape index (κ2) is 8.75. The number of benzene rings is 3. The largest absolute Gasteiger partial charge is 0.378 e. The summed E-state index contributed by atoms with van der Waals surface area (Å²) in [6.45, 7) is 5.86. The Labute approximate surface area is 199 Å². The highest BCUT2D eigenvalue weighted by Gasteiger charge is 2.40. The van der Waals surface area contributed by atoms with Gasteiger partial charge in [-0.1, -0.05) is 47.5 Å². The molecule has 6 heteroatoms. The molecule has 0 saturated heterocycles. The number of anilines is 3. The Morgan fingerprint density at radius 2 is 1.61 bits per heavy atom. The Bertz CT molecular complexity index is 1310. The smallest absolute Gasteiger partial charge is 0.282 e. The van der Waals surface area contributed by atoms with Crippen molar-refractivity contribution in [2.24, 2.45) is 0 Å². The monoisotopic (exact) mass is 459 g/mol. The number of hydrogen-bond donors (Lipinski definition) is 1. The SMILES string of the molecule is Cc1ccc(C2=C(Nc3ccc(C)c(Cl)c3)C(=O)N(c3cccc(N(C)C)c3)C2=O)c(C)c1. The van der Waals surface area contributed by atoms with Crippen LogP contribution in [0.15, 0.2) is 66.4 Å². The zero-order valence-corrected chi connectivity index (χ0v) is 20.1. The molecule has 1 heterocycles. The molecule has 0 fully saturated rings. The Balaban J connectivity index is 1.85. The molecule has 0 atom stereocenters. The fourth-order valence-electron chi connectivity index (χ4n) is 3.95. The maximum atomic E-state index is 13.7. The summed E-state index contributed by atoms with van der Waals surface area (Å²) in [7, 11) is 3.83. The Hall–Kier alpha value is -3.57. The highest BCUT2D eigenvalue weighted by molar-refractivity contribution is 6.46. The summed E-state index contributed by atoms with van der Waals surface area (Å²) < 4.78 is 0. The zero-order chi connectivity index (χ0) is 23.9. The standard InChI is InChI=1S/C27H26ClN3O2/c1-16-9-12-22(18(3)13-16)24-25(29-19-11-10-17(2)23(28)14-19)27(33)31(26(24)32)21-8-6-7-20(15-21)30(4)5/h6-15,29H,1-5H3. The van der Waals surface area contributed by atoms with Gasteiger partial charge in [-0.3, -0.25) is 9.59 Å². The second-order valence-corrected chi connectivity index (χ2v) is 8.92. The number of nitrogens with zero attached hydrogens (tertiary/aromatic N) is 2. The molecule has 0 aromatic heterocycles. The number of imide groups is 1. The molecular formula is C27H26ClN3O2. The fourth-order valence-corrected chi connectivity index (χ4v) is 4.13. The third kappa shape index (κ3) is 4.24. The van der Waals surface area contributed by atoms with E-state index in [4.69, 9.17) is 11.6 Å². The van der Waals surface area contributed by atoms with E-state index in [0.29, 0.717) is 22.0 Å². The normalized spacial score (nSPS) is 13.7. The van der Waals surface area contributed by atoms with Crippen LogP contribution in [0.2, 0.25) is 5.02 Å². The summed E-state index contributed by atoms with van der Waals surface area (Å²) in [4.78, 5) is 30.5. The number of carbonyl (C=O) groups excluding carboxylic acids is 2. The van der Waals surface area contributed by atoms with Crippen LogP contribution < -0.4 is 15.1 Å².